The molecular formula is C24H22O. The number of hydrogen-bond donors (Lipinski definition) is 1. The third-order valence-corrected chi connectivity index (χ3v) is 4.80. The van der Waals surface area contributed by atoms with E-state index in [0.717, 1.165) is 0 Å². The molecule has 0 aliphatic heterocycles. The third-order valence-electron chi connectivity index (χ3n) is 4.80. The molecule has 0 radical (unpaired) electrons. The van der Waals surface area contributed by atoms with Crippen LogP contribution in [0.4, 0.5) is 0 Å². The van der Waals surface area contributed by atoms with Gasteiger partial charge in [0, 0.05) is 12.8 Å². The zero-order valence-electron chi connectivity index (χ0n) is 14.4. The lowest BCUT2D eigenvalue weighted by molar-refractivity contribution is 0.0609. The van der Waals surface area contributed by atoms with Crippen LogP contribution in [-0.4, -0.2) is 10.7 Å². The SMILES string of the molecule is CC(O)(Cc1ccc2ccccc2c1)Cc1ccc2ccccc2c1. The molecule has 0 fully saturated rings. The van der Waals surface area contributed by atoms with Crippen LogP contribution in [0.2, 0.25) is 0 Å². The van der Waals surface area contributed by atoms with E-state index in [1.54, 1.807) is 0 Å². The van der Waals surface area contributed by atoms with Gasteiger partial charge in [-0.3, -0.25) is 0 Å². The van der Waals surface area contributed by atoms with E-state index < -0.39 is 5.60 Å². The molecule has 0 aliphatic carbocycles. The predicted octanol–water partition coefficient (Wildman–Crippen LogP) is 5.53. The molecule has 0 aromatic heterocycles. The van der Waals surface area contributed by atoms with Crippen LogP contribution in [0.25, 0.3) is 21.5 Å². The molecule has 4 aromatic rings. The first-order chi connectivity index (χ1) is 12.1. The summed E-state index contributed by atoms with van der Waals surface area (Å²) in [6.45, 7) is 1.93. The summed E-state index contributed by atoms with van der Waals surface area (Å²) < 4.78 is 0. The highest BCUT2D eigenvalue weighted by atomic mass is 16.3. The molecule has 0 saturated carbocycles. The predicted molar refractivity (Wildman–Crippen MR) is 106 cm³/mol. The van der Waals surface area contributed by atoms with Gasteiger partial charge in [-0.15, -0.1) is 0 Å². The minimum atomic E-state index is -0.773. The summed E-state index contributed by atoms with van der Waals surface area (Å²) in [7, 11) is 0. The van der Waals surface area contributed by atoms with Gasteiger partial charge in [-0.2, -0.15) is 0 Å². The van der Waals surface area contributed by atoms with Crippen LogP contribution in [0, 0.1) is 0 Å². The first-order valence-electron chi connectivity index (χ1n) is 8.77. The molecule has 0 atom stereocenters. The van der Waals surface area contributed by atoms with Crippen molar-refractivity contribution in [2.75, 3.05) is 0 Å². The summed E-state index contributed by atoms with van der Waals surface area (Å²) in [6, 6.07) is 29.6. The van der Waals surface area contributed by atoms with Gasteiger partial charge in [-0.05, 0) is 39.6 Å². The maximum Gasteiger partial charge on any atom is 0.0700 e. The van der Waals surface area contributed by atoms with Crippen LogP contribution in [0.3, 0.4) is 0 Å². The smallest absolute Gasteiger partial charge is 0.0700 e. The van der Waals surface area contributed by atoms with E-state index in [1.807, 2.05) is 6.92 Å². The molecule has 0 aliphatic rings. The van der Waals surface area contributed by atoms with Gasteiger partial charge in [0.05, 0.1) is 5.60 Å². The summed E-state index contributed by atoms with van der Waals surface area (Å²) in [5, 5.41) is 15.9. The lowest BCUT2D eigenvalue weighted by Gasteiger charge is -2.24. The fraction of sp³-hybridized carbons (Fsp3) is 0.167. The largest absolute Gasteiger partial charge is 0.389 e. The van der Waals surface area contributed by atoms with E-state index in [0.29, 0.717) is 12.8 Å². The number of aliphatic hydroxyl groups is 1. The molecule has 0 saturated heterocycles. The van der Waals surface area contributed by atoms with Crippen molar-refractivity contribution in [3.8, 4) is 0 Å². The van der Waals surface area contributed by atoms with E-state index in [-0.39, 0.29) is 0 Å². The molecule has 1 nitrogen and oxygen atoms in total. The van der Waals surface area contributed by atoms with Crippen molar-refractivity contribution in [1.29, 1.82) is 0 Å². The van der Waals surface area contributed by atoms with Crippen molar-refractivity contribution in [2.45, 2.75) is 25.4 Å². The van der Waals surface area contributed by atoms with Crippen molar-refractivity contribution in [1.82, 2.24) is 0 Å². The highest BCUT2D eigenvalue weighted by Gasteiger charge is 2.22. The first kappa shape index (κ1) is 15.9. The zero-order chi connectivity index (χ0) is 17.3. The van der Waals surface area contributed by atoms with Crippen molar-refractivity contribution in [2.24, 2.45) is 0 Å². The molecule has 0 amide bonds. The second-order valence-corrected chi connectivity index (χ2v) is 7.21. The van der Waals surface area contributed by atoms with Gasteiger partial charge in [0.2, 0.25) is 0 Å². The normalized spacial score (nSPS) is 11.9. The standard InChI is InChI=1S/C24H22O/c1-24(25,16-18-10-12-20-6-2-4-8-22(20)14-18)17-19-11-13-21-7-3-5-9-23(21)15-19/h2-15,25H,16-17H2,1H3. The minimum Gasteiger partial charge on any atom is -0.389 e. The second kappa shape index (κ2) is 6.34. The molecule has 0 unspecified atom stereocenters. The topological polar surface area (TPSA) is 20.2 Å². The lowest BCUT2D eigenvalue weighted by Crippen LogP contribution is -2.30. The summed E-state index contributed by atoms with van der Waals surface area (Å²) in [4.78, 5) is 0. The molecule has 1 heteroatoms. The van der Waals surface area contributed by atoms with E-state index in [2.05, 4.69) is 84.9 Å². The Morgan fingerprint density at radius 1 is 0.600 bits per heavy atom. The fourth-order valence-electron chi connectivity index (χ4n) is 3.64. The minimum absolute atomic E-state index is 0.644. The van der Waals surface area contributed by atoms with Crippen molar-refractivity contribution < 1.29 is 5.11 Å². The Balaban J connectivity index is 1.57. The maximum atomic E-state index is 11.0. The van der Waals surface area contributed by atoms with Crippen LogP contribution >= 0.6 is 0 Å². The van der Waals surface area contributed by atoms with Gasteiger partial charge in [0.25, 0.3) is 0 Å². The van der Waals surface area contributed by atoms with Crippen LogP contribution in [0.15, 0.2) is 84.9 Å². The van der Waals surface area contributed by atoms with E-state index >= 15 is 0 Å². The molecule has 4 rings (SSSR count). The molecule has 0 spiro atoms. The van der Waals surface area contributed by atoms with Gasteiger partial charge in [0.1, 0.15) is 0 Å². The van der Waals surface area contributed by atoms with E-state index in [9.17, 15) is 5.11 Å². The maximum absolute atomic E-state index is 11.0. The quantitative estimate of drug-likeness (QED) is 0.523. The Kier molecular flexibility index (Phi) is 4.03. The highest BCUT2D eigenvalue weighted by molar-refractivity contribution is 5.83. The number of rotatable bonds is 4. The summed E-state index contributed by atoms with van der Waals surface area (Å²) >= 11 is 0. The second-order valence-electron chi connectivity index (χ2n) is 7.21. The monoisotopic (exact) mass is 326 g/mol. The zero-order valence-corrected chi connectivity index (χ0v) is 14.4. The average Bonchev–Trinajstić information content (AvgIpc) is 2.61. The molecular weight excluding hydrogens is 304 g/mol. The van der Waals surface area contributed by atoms with Gasteiger partial charge in [-0.25, -0.2) is 0 Å². The Bertz CT molecular complexity index is 947. The van der Waals surface area contributed by atoms with Crippen LogP contribution in [-0.2, 0) is 12.8 Å². The Morgan fingerprint density at radius 3 is 1.44 bits per heavy atom. The van der Waals surface area contributed by atoms with Gasteiger partial charge in [-0.1, -0.05) is 84.9 Å². The first-order valence-corrected chi connectivity index (χ1v) is 8.77. The Morgan fingerprint density at radius 2 is 1.00 bits per heavy atom. The Hall–Kier alpha value is -2.64. The van der Waals surface area contributed by atoms with Crippen LogP contribution < -0.4 is 0 Å². The Labute approximate surface area is 148 Å². The molecule has 4 aromatic carbocycles. The van der Waals surface area contributed by atoms with E-state index in [4.69, 9.17) is 0 Å². The van der Waals surface area contributed by atoms with Crippen LogP contribution in [0.5, 0.6) is 0 Å². The highest BCUT2D eigenvalue weighted by Crippen LogP contribution is 2.24. The molecule has 1 N–H and O–H groups in total. The molecule has 25 heavy (non-hydrogen) atoms. The van der Waals surface area contributed by atoms with Gasteiger partial charge < -0.3 is 5.11 Å². The van der Waals surface area contributed by atoms with Crippen LogP contribution in [0.1, 0.15) is 18.1 Å². The lowest BCUT2D eigenvalue weighted by atomic mass is 9.88. The number of benzene rings is 4. The fourth-order valence-corrected chi connectivity index (χ4v) is 3.64. The molecule has 0 heterocycles. The van der Waals surface area contributed by atoms with Gasteiger partial charge >= 0.3 is 0 Å². The molecule has 124 valence electrons. The third kappa shape index (κ3) is 3.57. The van der Waals surface area contributed by atoms with Crippen molar-refractivity contribution in [3.05, 3.63) is 96.1 Å². The number of hydrogen-bond acceptors (Lipinski definition) is 1. The van der Waals surface area contributed by atoms with Crippen molar-refractivity contribution >= 4 is 21.5 Å². The van der Waals surface area contributed by atoms with Gasteiger partial charge in [0.15, 0.2) is 0 Å². The summed E-state index contributed by atoms with van der Waals surface area (Å²) in [5.74, 6) is 0. The summed E-state index contributed by atoms with van der Waals surface area (Å²) in [6.07, 6.45) is 1.29. The average molecular weight is 326 g/mol. The van der Waals surface area contributed by atoms with E-state index in [1.165, 1.54) is 32.7 Å². The molecule has 0 bridgehead atoms. The summed E-state index contributed by atoms with van der Waals surface area (Å²) in [5.41, 5.74) is 1.57. The van der Waals surface area contributed by atoms with Crippen molar-refractivity contribution in [3.63, 3.8) is 0 Å². The number of fused-ring (bicyclic) bond motifs is 2.